The molecule has 0 spiro atoms. The van der Waals surface area contributed by atoms with E-state index in [2.05, 4.69) is 103 Å². The minimum Gasteiger partial charge on any atom is -0.508 e. The third-order valence-electron chi connectivity index (χ3n) is 6.17. The maximum absolute atomic E-state index is 11.0. The molecule has 0 heterocycles. The van der Waals surface area contributed by atoms with Crippen molar-refractivity contribution < 1.29 is 5.11 Å². The van der Waals surface area contributed by atoms with E-state index in [4.69, 9.17) is 0 Å². The summed E-state index contributed by atoms with van der Waals surface area (Å²) in [6.07, 6.45) is 0. The average molecular weight is 373 g/mol. The number of phenolic OH excluding ortho intramolecular Hbond substituents is 1. The number of hydrogen-bond acceptors (Lipinski definition) is 1. The van der Waals surface area contributed by atoms with E-state index in [1.165, 1.54) is 33.4 Å². The van der Waals surface area contributed by atoms with Crippen LogP contribution in [-0.4, -0.2) is 5.11 Å². The molecule has 0 aliphatic heterocycles. The molecular weight excluding hydrogens is 340 g/mol. The molecule has 1 N–H and O–H groups in total. The van der Waals surface area contributed by atoms with Crippen molar-refractivity contribution in [2.75, 3.05) is 0 Å². The van der Waals surface area contributed by atoms with Crippen LogP contribution < -0.4 is 0 Å². The quantitative estimate of drug-likeness (QED) is 0.524. The molecule has 1 nitrogen and oxygen atoms in total. The second kappa shape index (κ2) is 7.13. The Kier molecular flexibility index (Phi) is 5.14. The van der Waals surface area contributed by atoms with Crippen molar-refractivity contribution in [3.63, 3.8) is 0 Å². The van der Waals surface area contributed by atoms with Crippen molar-refractivity contribution in [3.05, 3.63) is 99.6 Å². The lowest BCUT2D eigenvalue weighted by Gasteiger charge is -2.32. The first-order valence-electron chi connectivity index (χ1n) is 10.0. The summed E-state index contributed by atoms with van der Waals surface area (Å²) >= 11 is 0. The summed E-state index contributed by atoms with van der Waals surface area (Å²) < 4.78 is 0. The van der Waals surface area contributed by atoms with Gasteiger partial charge >= 0.3 is 0 Å². The first kappa shape index (κ1) is 20.2. The predicted octanol–water partition coefficient (Wildman–Crippen LogP) is 6.97. The molecule has 0 aliphatic rings. The molecule has 3 aromatic carbocycles. The Morgan fingerprint density at radius 3 is 1.54 bits per heavy atom. The van der Waals surface area contributed by atoms with E-state index < -0.39 is 0 Å². The van der Waals surface area contributed by atoms with Crippen molar-refractivity contribution in [3.8, 4) is 5.75 Å². The fraction of sp³-hybridized carbons (Fsp3) is 0.333. The Balaban J connectivity index is 2.11. The van der Waals surface area contributed by atoms with Crippen LogP contribution in [0.15, 0.2) is 60.7 Å². The van der Waals surface area contributed by atoms with Gasteiger partial charge in [-0.1, -0.05) is 93.4 Å². The molecule has 0 saturated carbocycles. The number of rotatable bonds is 4. The first-order chi connectivity index (χ1) is 13.0. The predicted molar refractivity (Wildman–Crippen MR) is 119 cm³/mol. The SMILES string of the molecule is Cc1cccc(C(C)(C)c2cc(O)c(C(C)(C)c3cccc(C)c3)cc2C)c1. The Bertz CT molecular complexity index is 925. The van der Waals surface area contributed by atoms with Gasteiger partial charge in [-0.2, -0.15) is 0 Å². The number of benzene rings is 3. The van der Waals surface area contributed by atoms with Gasteiger partial charge in [0.1, 0.15) is 5.75 Å². The molecule has 0 atom stereocenters. The first-order valence-corrected chi connectivity index (χ1v) is 10.0. The van der Waals surface area contributed by atoms with E-state index in [1.807, 2.05) is 6.07 Å². The van der Waals surface area contributed by atoms with Gasteiger partial charge in [-0.3, -0.25) is 0 Å². The lowest BCUT2D eigenvalue weighted by atomic mass is 9.72. The normalized spacial score (nSPS) is 12.2. The Labute approximate surface area is 170 Å². The van der Waals surface area contributed by atoms with Crippen LogP contribution in [0.25, 0.3) is 0 Å². The van der Waals surface area contributed by atoms with Crippen LogP contribution in [0.2, 0.25) is 0 Å². The van der Waals surface area contributed by atoms with E-state index in [0.29, 0.717) is 5.75 Å². The molecule has 1 heteroatoms. The van der Waals surface area contributed by atoms with Crippen molar-refractivity contribution in [1.82, 2.24) is 0 Å². The van der Waals surface area contributed by atoms with Crippen LogP contribution in [0.5, 0.6) is 5.75 Å². The molecule has 3 rings (SSSR count). The van der Waals surface area contributed by atoms with E-state index in [1.54, 1.807) is 0 Å². The van der Waals surface area contributed by atoms with E-state index >= 15 is 0 Å². The highest BCUT2D eigenvalue weighted by Gasteiger charge is 2.31. The lowest BCUT2D eigenvalue weighted by molar-refractivity contribution is 0.449. The van der Waals surface area contributed by atoms with Gasteiger partial charge in [-0.05, 0) is 49.1 Å². The smallest absolute Gasteiger partial charge is 0.119 e. The van der Waals surface area contributed by atoms with Crippen LogP contribution in [0.3, 0.4) is 0 Å². The van der Waals surface area contributed by atoms with Crippen molar-refractivity contribution in [1.29, 1.82) is 0 Å². The molecule has 146 valence electrons. The zero-order valence-electron chi connectivity index (χ0n) is 18.2. The summed E-state index contributed by atoms with van der Waals surface area (Å²) in [7, 11) is 0. The van der Waals surface area contributed by atoms with Gasteiger partial charge in [0.2, 0.25) is 0 Å². The minimum atomic E-state index is -0.271. The monoisotopic (exact) mass is 372 g/mol. The summed E-state index contributed by atoms with van der Waals surface area (Å²) in [6, 6.07) is 21.3. The van der Waals surface area contributed by atoms with Crippen LogP contribution in [-0.2, 0) is 10.8 Å². The Morgan fingerprint density at radius 1 is 0.607 bits per heavy atom. The van der Waals surface area contributed by atoms with Crippen molar-refractivity contribution in [2.24, 2.45) is 0 Å². The molecule has 28 heavy (non-hydrogen) atoms. The largest absolute Gasteiger partial charge is 0.508 e. The zero-order chi connectivity index (χ0) is 20.7. The van der Waals surface area contributed by atoms with Crippen LogP contribution in [0, 0.1) is 20.8 Å². The summed E-state index contributed by atoms with van der Waals surface area (Å²) in [5.41, 5.74) is 7.86. The van der Waals surface area contributed by atoms with Gasteiger partial charge in [-0.15, -0.1) is 0 Å². The van der Waals surface area contributed by atoms with Crippen LogP contribution >= 0.6 is 0 Å². The molecule has 0 aromatic heterocycles. The molecule has 0 bridgehead atoms. The van der Waals surface area contributed by atoms with Crippen LogP contribution in [0.1, 0.15) is 66.6 Å². The third-order valence-corrected chi connectivity index (χ3v) is 6.17. The molecule has 0 unspecified atom stereocenters. The molecule has 0 saturated heterocycles. The molecule has 0 fully saturated rings. The number of aryl methyl sites for hydroxylation is 3. The fourth-order valence-electron chi connectivity index (χ4n) is 4.25. The number of aromatic hydroxyl groups is 1. The topological polar surface area (TPSA) is 20.2 Å². The lowest BCUT2D eigenvalue weighted by Crippen LogP contribution is -2.23. The van der Waals surface area contributed by atoms with E-state index in [0.717, 1.165) is 5.56 Å². The van der Waals surface area contributed by atoms with E-state index in [-0.39, 0.29) is 10.8 Å². The molecule has 0 radical (unpaired) electrons. The summed E-state index contributed by atoms with van der Waals surface area (Å²) in [4.78, 5) is 0. The highest BCUT2D eigenvalue weighted by atomic mass is 16.3. The maximum atomic E-state index is 11.0. The van der Waals surface area contributed by atoms with Gasteiger partial charge in [0.05, 0.1) is 0 Å². The zero-order valence-corrected chi connectivity index (χ0v) is 18.2. The summed E-state index contributed by atoms with van der Waals surface area (Å²) in [6.45, 7) is 15.2. The third kappa shape index (κ3) is 3.58. The van der Waals surface area contributed by atoms with Crippen LogP contribution in [0.4, 0.5) is 0 Å². The highest BCUT2D eigenvalue weighted by molar-refractivity contribution is 5.53. The maximum Gasteiger partial charge on any atom is 0.119 e. The van der Waals surface area contributed by atoms with Gasteiger partial charge < -0.3 is 5.11 Å². The van der Waals surface area contributed by atoms with Crippen molar-refractivity contribution in [2.45, 2.75) is 59.3 Å². The van der Waals surface area contributed by atoms with Gasteiger partial charge in [0.15, 0.2) is 0 Å². The fourth-order valence-corrected chi connectivity index (χ4v) is 4.25. The molecule has 0 aliphatic carbocycles. The summed E-state index contributed by atoms with van der Waals surface area (Å²) in [5, 5.41) is 11.0. The van der Waals surface area contributed by atoms with Crippen molar-refractivity contribution >= 4 is 0 Å². The second-order valence-corrected chi connectivity index (χ2v) is 9.17. The minimum absolute atomic E-state index is 0.181. The second-order valence-electron chi connectivity index (χ2n) is 9.17. The number of phenols is 1. The summed E-state index contributed by atoms with van der Waals surface area (Å²) in [5.74, 6) is 0.368. The molecular formula is C27H32O. The Morgan fingerprint density at radius 2 is 1.07 bits per heavy atom. The van der Waals surface area contributed by atoms with E-state index in [9.17, 15) is 5.11 Å². The molecule has 3 aromatic rings. The highest BCUT2D eigenvalue weighted by Crippen LogP contribution is 2.42. The average Bonchev–Trinajstić information content (AvgIpc) is 2.63. The molecule has 0 amide bonds. The van der Waals surface area contributed by atoms with Gasteiger partial charge in [-0.25, -0.2) is 0 Å². The van der Waals surface area contributed by atoms with Gasteiger partial charge in [0, 0.05) is 16.4 Å². The number of hydrogen-bond donors (Lipinski definition) is 1. The van der Waals surface area contributed by atoms with Gasteiger partial charge in [0.25, 0.3) is 0 Å². The standard InChI is InChI=1S/C27H32O/c1-18-10-8-12-21(14-18)26(4,5)23-17-25(28)24(16-20(23)3)27(6,7)22-13-9-11-19(2)15-22/h8-17,28H,1-7H3. The Hall–Kier alpha value is -2.54.